The summed E-state index contributed by atoms with van der Waals surface area (Å²) >= 11 is 5.47. The van der Waals surface area contributed by atoms with E-state index in [2.05, 4.69) is 0 Å². The SMILES string of the molecule is CN(C)S(=O)(=O)N1C(=O)C2(CCCCC2)N(c2ccccc2)C1=S. The standard InChI is InChI=1S/C16H21N3O3S2/c1-17(2)24(21,22)19-14(20)16(11-7-4-8-12-16)18(15(19)23)13-9-5-3-6-10-13/h3,5-6,9-10H,4,7-8,11-12H2,1-2H3. The molecule has 1 saturated heterocycles. The number of hydrogen-bond acceptors (Lipinski definition) is 4. The first-order chi connectivity index (χ1) is 11.3. The molecule has 3 rings (SSSR count). The number of para-hydroxylation sites is 1. The van der Waals surface area contributed by atoms with Gasteiger partial charge in [-0.25, -0.2) is 0 Å². The van der Waals surface area contributed by atoms with Gasteiger partial charge in [0.1, 0.15) is 5.54 Å². The molecule has 1 aromatic rings. The van der Waals surface area contributed by atoms with Crippen molar-refractivity contribution in [2.75, 3.05) is 19.0 Å². The lowest BCUT2D eigenvalue weighted by Crippen LogP contribution is -2.51. The summed E-state index contributed by atoms with van der Waals surface area (Å²) in [6.07, 6.45) is 4.03. The molecule has 130 valence electrons. The number of carbonyl (C=O) groups excluding carboxylic acids is 1. The van der Waals surface area contributed by atoms with Gasteiger partial charge in [0.15, 0.2) is 5.11 Å². The van der Waals surface area contributed by atoms with E-state index in [1.54, 1.807) is 4.90 Å². The van der Waals surface area contributed by atoms with Crippen molar-refractivity contribution >= 4 is 39.1 Å². The first kappa shape index (κ1) is 17.3. The molecule has 0 unspecified atom stereocenters. The summed E-state index contributed by atoms with van der Waals surface area (Å²) in [4.78, 5) is 15.0. The van der Waals surface area contributed by atoms with Crippen LogP contribution < -0.4 is 4.90 Å². The molecule has 6 nitrogen and oxygen atoms in total. The zero-order valence-corrected chi connectivity index (χ0v) is 15.4. The predicted molar refractivity (Wildman–Crippen MR) is 96.8 cm³/mol. The Morgan fingerprint density at radius 1 is 1.08 bits per heavy atom. The summed E-state index contributed by atoms with van der Waals surface area (Å²) in [6, 6.07) is 9.33. The van der Waals surface area contributed by atoms with Crippen LogP contribution in [0.15, 0.2) is 30.3 Å². The van der Waals surface area contributed by atoms with E-state index in [4.69, 9.17) is 12.2 Å². The Labute approximate surface area is 148 Å². The van der Waals surface area contributed by atoms with Crippen LogP contribution in [0.2, 0.25) is 0 Å². The Morgan fingerprint density at radius 2 is 1.67 bits per heavy atom. The minimum absolute atomic E-state index is 0.0433. The maximum atomic E-state index is 13.2. The van der Waals surface area contributed by atoms with Crippen molar-refractivity contribution in [2.24, 2.45) is 0 Å². The average Bonchev–Trinajstić information content (AvgIpc) is 2.76. The highest BCUT2D eigenvalue weighted by molar-refractivity contribution is 7.90. The quantitative estimate of drug-likeness (QED) is 0.766. The molecule has 24 heavy (non-hydrogen) atoms. The molecule has 0 atom stereocenters. The highest BCUT2D eigenvalue weighted by Gasteiger charge is 2.59. The van der Waals surface area contributed by atoms with Gasteiger partial charge in [-0.05, 0) is 37.2 Å². The van der Waals surface area contributed by atoms with Gasteiger partial charge in [-0.15, -0.1) is 0 Å². The second-order valence-corrected chi connectivity index (χ2v) is 8.76. The van der Waals surface area contributed by atoms with Crippen LogP contribution in [0.4, 0.5) is 5.69 Å². The van der Waals surface area contributed by atoms with Gasteiger partial charge in [-0.1, -0.05) is 37.5 Å². The van der Waals surface area contributed by atoms with Crippen molar-refractivity contribution in [3.05, 3.63) is 30.3 Å². The summed E-state index contributed by atoms with van der Waals surface area (Å²) < 4.78 is 27.2. The van der Waals surface area contributed by atoms with E-state index in [1.807, 2.05) is 30.3 Å². The Kier molecular flexibility index (Phi) is 4.39. The monoisotopic (exact) mass is 367 g/mol. The van der Waals surface area contributed by atoms with Gasteiger partial charge < -0.3 is 4.90 Å². The summed E-state index contributed by atoms with van der Waals surface area (Å²) in [7, 11) is -1.14. The van der Waals surface area contributed by atoms with Gasteiger partial charge in [0.05, 0.1) is 0 Å². The van der Waals surface area contributed by atoms with Crippen LogP contribution in [0.25, 0.3) is 0 Å². The minimum atomic E-state index is -3.96. The Balaban J connectivity index is 2.16. The number of rotatable bonds is 3. The van der Waals surface area contributed by atoms with E-state index in [1.165, 1.54) is 14.1 Å². The molecule has 2 aliphatic rings. The van der Waals surface area contributed by atoms with E-state index in [0.29, 0.717) is 12.8 Å². The largest absolute Gasteiger partial charge is 0.312 e. The third kappa shape index (κ3) is 2.44. The van der Waals surface area contributed by atoms with Gasteiger partial charge >= 0.3 is 10.2 Å². The lowest BCUT2D eigenvalue weighted by atomic mass is 9.80. The normalized spacial score (nSPS) is 21.1. The summed E-state index contributed by atoms with van der Waals surface area (Å²) in [5, 5.41) is 0.0433. The first-order valence-electron chi connectivity index (χ1n) is 7.99. The number of amides is 1. The third-order valence-electron chi connectivity index (χ3n) is 4.76. The molecule has 1 spiro atoms. The zero-order valence-electron chi connectivity index (χ0n) is 13.8. The molecule has 1 aliphatic carbocycles. The molecule has 1 saturated carbocycles. The topological polar surface area (TPSA) is 60.9 Å². The van der Waals surface area contributed by atoms with Gasteiger partial charge in [0.25, 0.3) is 5.91 Å². The van der Waals surface area contributed by atoms with Crippen LogP contribution in [0.5, 0.6) is 0 Å². The van der Waals surface area contributed by atoms with E-state index in [0.717, 1.165) is 33.6 Å². The van der Waals surface area contributed by atoms with E-state index >= 15 is 0 Å². The van der Waals surface area contributed by atoms with Gasteiger partial charge in [0.2, 0.25) is 0 Å². The molecule has 0 bridgehead atoms. The smallest absolute Gasteiger partial charge is 0.302 e. The van der Waals surface area contributed by atoms with E-state index < -0.39 is 21.7 Å². The lowest BCUT2D eigenvalue weighted by Gasteiger charge is -2.38. The fourth-order valence-corrected chi connectivity index (χ4v) is 5.15. The Hall–Kier alpha value is -1.51. The highest BCUT2D eigenvalue weighted by Crippen LogP contribution is 2.44. The molecule has 1 heterocycles. The lowest BCUT2D eigenvalue weighted by molar-refractivity contribution is -0.128. The average molecular weight is 367 g/mol. The van der Waals surface area contributed by atoms with Crippen molar-refractivity contribution in [2.45, 2.75) is 37.6 Å². The van der Waals surface area contributed by atoms with Crippen molar-refractivity contribution in [3.63, 3.8) is 0 Å². The first-order valence-corrected chi connectivity index (χ1v) is 9.79. The second kappa shape index (κ2) is 6.09. The Morgan fingerprint density at radius 3 is 2.21 bits per heavy atom. The van der Waals surface area contributed by atoms with Gasteiger partial charge in [-0.3, -0.25) is 4.79 Å². The number of thiocarbonyl (C=S) groups is 1. The number of hydrogen-bond donors (Lipinski definition) is 0. The summed E-state index contributed by atoms with van der Waals surface area (Å²) in [6.45, 7) is 0. The molecule has 0 N–H and O–H groups in total. The van der Waals surface area contributed by atoms with Crippen molar-refractivity contribution < 1.29 is 13.2 Å². The number of carbonyl (C=O) groups is 1. The predicted octanol–water partition coefficient (Wildman–Crippen LogP) is 2.13. The van der Waals surface area contributed by atoms with Gasteiger partial charge in [-0.2, -0.15) is 17.0 Å². The molecule has 2 fully saturated rings. The molecule has 0 radical (unpaired) electrons. The summed E-state index contributed by atoms with van der Waals surface area (Å²) in [5.74, 6) is -0.426. The van der Waals surface area contributed by atoms with Crippen molar-refractivity contribution in [3.8, 4) is 0 Å². The number of nitrogens with zero attached hydrogens (tertiary/aromatic N) is 3. The Bertz CT molecular complexity index is 756. The molecule has 1 aliphatic heterocycles. The van der Waals surface area contributed by atoms with E-state index in [9.17, 15) is 13.2 Å². The minimum Gasteiger partial charge on any atom is -0.302 e. The number of anilines is 1. The molecular weight excluding hydrogens is 346 g/mol. The van der Waals surface area contributed by atoms with E-state index in [-0.39, 0.29) is 5.11 Å². The van der Waals surface area contributed by atoms with Crippen LogP contribution in [0, 0.1) is 0 Å². The third-order valence-corrected chi connectivity index (χ3v) is 6.97. The molecular formula is C16H21N3O3S2. The van der Waals surface area contributed by atoms with Crippen LogP contribution in [0.3, 0.4) is 0 Å². The molecule has 8 heteroatoms. The second-order valence-electron chi connectivity index (χ2n) is 6.41. The molecule has 0 aromatic heterocycles. The summed E-state index contributed by atoms with van der Waals surface area (Å²) in [5.41, 5.74) is -0.131. The zero-order chi connectivity index (χ0) is 17.5. The fraction of sp³-hybridized carbons (Fsp3) is 0.500. The maximum absolute atomic E-state index is 13.2. The van der Waals surface area contributed by atoms with Crippen LogP contribution in [-0.4, -0.2) is 47.7 Å². The van der Waals surface area contributed by atoms with Gasteiger partial charge in [0, 0.05) is 19.8 Å². The molecule has 1 aromatic carbocycles. The number of benzene rings is 1. The van der Waals surface area contributed by atoms with Crippen LogP contribution in [0.1, 0.15) is 32.1 Å². The van der Waals surface area contributed by atoms with Crippen LogP contribution >= 0.6 is 12.2 Å². The fourth-order valence-electron chi connectivity index (χ4n) is 3.52. The highest BCUT2D eigenvalue weighted by atomic mass is 32.2. The van der Waals surface area contributed by atoms with Crippen molar-refractivity contribution in [1.82, 2.24) is 8.61 Å². The van der Waals surface area contributed by atoms with Crippen LogP contribution in [-0.2, 0) is 15.0 Å². The maximum Gasteiger partial charge on any atom is 0.312 e. The molecule has 1 amide bonds. The van der Waals surface area contributed by atoms with Crippen molar-refractivity contribution in [1.29, 1.82) is 0 Å².